The molecule has 0 spiro atoms. The summed E-state index contributed by atoms with van der Waals surface area (Å²) in [7, 11) is 0. The molecule has 6 heteroatoms. The fourth-order valence-corrected chi connectivity index (χ4v) is 2.72. The molecular formula is C13H21N3O3. The first-order valence-corrected chi connectivity index (χ1v) is 6.68. The third-order valence-corrected chi connectivity index (χ3v) is 3.70. The van der Waals surface area contributed by atoms with Gasteiger partial charge in [-0.2, -0.15) is 0 Å². The van der Waals surface area contributed by atoms with Crippen molar-refractivity contribution in [3.05, 3.63) is 23.7 Å². The summed E-state index contributed by atoms with van der Waals surface area (Å²) in [5.41, 5.74) is 2.58. The van der Waals surface area contributed by atoms with Crippen LogP contribution in [0, 0.1) is 0 Å². The maximum absolute atomic E-state index is 11.6. The number of carbonyl (C=O) groups excluding carboxylic acids is 1. The highest BCUT2D eigenvalue weighted by atomic mass is 16.3. The Bertz CT molecular complexity index is 413. The minimum absolute atomic E-state index is 0.107. The molecule has 106 valence electrons. The Morgan fingerprint density at radius 3 is 2.89 bits per heavy atom. The van der Waals surface area contributed by atoms with E-state index in [1.807, 2.05) is 0 Å². The van der Waals surface area contributed by atoms with Crippen LogP contribution in [-0.4, -0.2) is 35.1 Å². The molecule has 0 radical (unpaired) electrons. The first kappa shape index (κ1) is 14.0. The van der Waals surface area contributed by atoms with Gasteiger partial charge in [-0.15, -0.1) is 0 Å². The fraction of sp³-hybridized carbons (Fsp3) is 0.615. The number of hydrazine groups is 1. The predicted molar refractivity (Wildman–Crippen MR) is 70.1 cm³/mol. The summed E-state index contributed by atoms with van der Waals surface area (Å²) in [5, 5.41) is 9.18. The highest BCUT2D eigenvalue weighted by Crippen LogP contribution is 2.25. The second-order valence-electron chi connectivity index (χ2n) is 4.86. The van der Waals surface area contributed by atoms with Crippen LogP contribution in [0.1, 0.15) is 41.8 Å². The van der Waals surface area contributed by atoms with Crippen LogP contribution in [0.5, 0.6) is 0 Å². The van der Waals surface area contributed by atoms with Crippen LogP contribution >= 0.6 is 0 Å². The Balaban J connectivity index is 2.08. The second kappa shape index (κ2) is 6.70. The van der Waals surface area contributed by atoms with E-state index < -0.39 is 0 Å². The number of rotatable bonds is 6. The van der Waals surface area contributed by atoms with Crippen LogP contribution in [-0.2, 0) is 6.54 Å². The predicted octanol–water partition coefficient (Wildman–Crippen LogP) is 0.620. The highest BCUT2D eigenvalue weighted by Gasteiger charge is 2.25. The van der Waals surface area contributed by atoms with E-state index in [2.05, 4.69) is 10.3 Å². The first-order chi connectivity index (χ1) is 9.26. The molecular weight excluding hydrogens is 246 g/mol. The molecule has 1 saturated carbocycles. The fourth-order valence-electron chi connectivity index (χ4n) is 2.72. The summed E-state index contributed by atoms with van der Waals surface area (Å²) in [6.45, 7) is 1.23. The summed E-state index contributed by atoms with van der Waals surface area (Å²) in [4.78, 5) is 13.8. The lowest BCUT2D eigenvalue weighted by Gasteiger charge is -2.27. The van der Waals surface area contributed by atoms with Crippen molar-refractivity contribution in [2.24, 2.45) is 5.84 Å². The number of nitrogens with one attached hydrogen (secondary N) is 1. The van der Waals surface area contributed by atoms with Gasteiger partial charge in [0.2, 0.25) is 0 Å². The Morgan fingerprint density at radius 1 is 1.53 bits per heavy atom. The molecule has 1 heterocycles. The van der Waals surface area contributed by atoms with Gasteiger partial charge in [-0.25, -0.2) is 5.84 Å². The SMILES string of the molecule is NNC(=O)c1ccoc1CN(CCO)C1CCCC1. The van der Waals surface area contributed by atoms with E-state index in [4.69, 9.17) is 10.3 Å². The molecule has 1 fully saturated rings. The third-order valence-electron chi connectivity index (χ3n) is 3.70. The van der Waals surface area contributed by atoms with E-state index in [1.165, 1.54) is 19.1 Å². The smallest absolute Gasteiger partial charge is 0.268 e. The lowest BCUT2D eigenvalue weighted by Crippen LogP contribution is -2.36. The van der Waals surface area contributed by atoms with Crippen molar-refractivity contribution in [3.8, 4) is 0 Å². The molecule has 19 heavy (non-hydrogen) atoms. The number of hydrogen-bond donors (Lipinski definition) is 3. The van der Waals surface area contributed by atoms with Crippen LogP contribution in [0.3, 0.4) is 0 Å². The van der Waals surface area contributed by atoms with Crippen LogP contribution in [0.4, 0.5) is 0 Å². The van der Waals surface area contributed by atoms with Crippen LogP contribution < -0.4 is 11.3 Å². The highest BCUT2D eigenvalue weighted by molar-refractivity contribution is 5.94. The zero-order valence-corrected chi connectivity index (χ0v) is 11.0. The monoisotopic (exact) mass is 267 g/mol. The Labute approximate surface area is 112 Å². The van der Waals surface area contributed by atoms with E-state index in [9.17, 15) is 9.90 Å². The molecule has 0 saturated heterocycles. The van der Waals surface area contributed by atoms with E-state index >= 15 is 0 Å². The quantitative estimate of drug-likeness (QED) is 0.399. The number of nitrogens with zero attached hydrogens (tertiary/aromatic N) is 1. The lowest BCUT2D eigenvalue weighted by molar-refractivity contribution is 0.0946. The molecule has 1 amide bonds. The molecule has 6 nitrogen and oxygen atoms in total. The van der Waals surface area contributed by atoms with E-state index in [0.717, 1.165) is 12.8 Å². The Morgan fingerprint density at radius 2 is 2.26 bits per heavy atom. The number of carbonyl (C=O) groups is 1. The molecule has 1 aliphatic rings. The maximum Gasteiger partial charge on any atom is 0.268 e. The minimum Gasteiger partial charge on any atom is -0.467 e. The van der Waals surface area contributed by atoms with Gasteiger partial charge in [0.05, 0.1) is 25.0 Å². The summed E-state index contributed by atoms with van der Waals surface area (Å²) < 4.78 is 5.38. The molecule has 1 aromatic rings. The lowest BCUT2D eigenvalue weighted by atomic mass is 10.1. The van der Waals surface area contributed by atoms with Gasteiger partial charge in [0.15, 0.2) is 0 Å². The van der Waals surface area contributed by atoms with Gasteiger partial charge in [0.1, 0.15) is 5.76 Å². The molecule has 0 unspecified atom stereocenters. The largest absolute Gasteiger partial charge is 0.467 e. The van der Waals surface area contributed by atoms with E-state index in [1.54, 1.807) is 6.07 Å². The maximum atomic E-state index is 11.6. The number of hydrogen-bond acceptors (Lipinski definition) is 5. The average molecular weight is 267 g/mol. The Hall–Kier alpha value is -1.37. The van der Waals surface area contributed by atoms with Crippen LogP contribution in [0.15, 0.2) is 16.7 Å². The number of amides is 1. The van der Waals surface area contributed by atoms with Gasteiger partial charge in [0, 0.05) is 12.6 Å². The standard InChI is InChI=1S/C13H21N3O3/c14-15-13(18)11-5-8-19-12(11)9-16(6-7-17)10-3-1-2-4-10/h5,8,10,17H,1-4,6-7,9,14H2,(H,15,18). The molecule has 4 N–H and O–H groups in total. The summed E-state index contributed by atoms with van der Waals surface area (Å²) >= 11 is 0. The molecule has 0 aromatic carbocycles. The molecule has 1 aromatic heterocycles. The number of aliphatic hydroxyl groups excluding tert-OH is 1. The van der Waals surface area contributed by atoms with Crippen molar-refractivity contribution < 1.29 is 14.3 Å². The normalized spacial score (nSPS) is 16.2. The minimum atomic E-state index is -0.348. The van der Waals surface area contributed by atoms with Crippen molar-refractivity contribution in [2.75, 3.05) is 13.2 Å². The molecule has 0 aliphatic heterocycles. The van der Waals surface area contributed by atoms with Crippen molar-refractivity contribution >= 4 is 5.91 Å². The number of nitrogens with two attached hydrogens (primary N) is 1. The second-order valence-corrected chi connectivity index (χ2v) is 4.86. The molecule has 2 rings (SSSR count). The molecule has 0 bridgehead atoms. The number of furan rings is 1. The number of aliphatic hydroxyl groups is 1. The number of nitrogen functional groups attached to an aromatic ring is 1. The van der Waals surface area contributed by atoms with Crippen molar-refractivity contribution in [3.63, 3.8) is 0 Å². The molecule has 0 atom stereocenters. The van der Waals surface area contributed by atoms with Crippen molar-refractivity contribution in [2.45, 2.75) is 38.3 Å². The first-order valence-electron chi connectivity index (χ1n) is 6.68. The zero-order valence-electron chi connectivity index (χ0n) is 11.0. The van der Waals surface area contributed by atoms with E-state index in [-0.39, 0.29) is 12.5 Å². The van der Waals surface area contributed by atoms with Gasteiger partial charge in [-0.05, 0) is 18.9 Å². The van der Waals surface area contributed by atoms with Gasteiger partial charge in [-0.3, -0.25) is 15.1 Å². The third kappa shape index (κ3) is 3.34. The van der Waals surface area contributed by atoms with Gasteiger partial charge in [-0.1, -0.05) is 12.8 Å². The van der Waals surface area contributed by atoms with Crippen molar-refractivity contribution in [1.29, 1.82) is 0 Å². The van der Waals surface area contributed by atoms with Gasteiger partial charge >= 0.3 is 0 Å². The van der Waals surface area contributed by atoms with Gasteiger partial charge in [0.25, 0.3) is 5.91 Å². The summed E-state index contributed by atoms with van der Waals surface area (Å²) in [6.07, 6.45) is 6.21. The van der Waals surface area contributed by atoms with Crippen molar-refractivity contribution in [1.82, 2.24) is 10.3 Å². The summed E-state index contributed by atoms with van der Waals surface area (Å²) in [6, 6.07) is 2.08. The van der Waals surface area contributed by atoms with E-state index in [0.29, 0.717) is 30.5 Å². The average Bonchev–Trinajstić information content (AvgIpc) is 3.08. The Kier molecular flexibility index (Phi) is 4.95. The van der Waals surface area contributed by atoms with Crippen LogP contribution in [0.2, 0.25) is 0 Å². The zero-order chi connectivity index (χ0) is 13.7. The topological polar surface area (TPSA) is 91.7 Å². The molecule has 1 aliphatic carbocycles. The van der Waals surface area contributed by atoms with Gasteiger partial charge < -0.3 is 9.52 Å². The summed E-state index contributed by atoms with van der Waals surface area (Å²) in [5.74, 6) is 5.40. The van der Waals surface area contributed by atoms with Crippen LogP contribution in [0.25, 0.3) is 0 Å².